The average Bonchev–Trinajstić information content (AvgIpc) is 2.46. The van der Waals surface area contributed by atoms with E-state index in [0.29, 0.717) is 17.3 Å². The lowest BCUT2D eigenvalue weighted by molar-refractivity contribution is -0.127. The number of hydrogen-bond donors (Lipinski definition) is 2. The highest BCUT2D eigenvalue weighted by Gasteiger charge is 2.15. The van der Waals surface area contributed by atoms with E-state index in [1.54, 1.807) is 31.2 Å². The van der Waals surface area contributed by atoms with Crippen molar-refractivity contribution in [1.82, 2.24) is 10.6 Å². The van der Waals surface area contributed by atoms with Crippen LogP contribution < -0.4 is 15.4 Å². The van der Waals surface area contributed by atoms with E-state index in [9.17, 15) is 4.79 Å². The number of carbonyl (C=O) groups excluding carboxylic acids is 1. The lowest BCUT2D eigenvalue weighted by atomic mass is 10.1. The fourth-order valence-electron chi connectivity index (χ4n) is 1.97. The summed E-state index contributed by atoms with van der Waals surface area (Å²) in [6.45, 7) is 4.16. The molecule has 116 valence electrons. The molecule has 1 aliphatic heterocycles. The topological polar surface area (TPSA) is 50.4 Å². The van der Waals surface area contributed by atoms with E-state index in [4.69, 9.17) is 16.3 Å². The van der Waals surface area contributed by atoms with Gasteiger partial charge in [0.1, 0.15) is 5.75 Å². The minimum Gasteiger partial charge on any atom is -0.481 e. The third-order valence-corrected chi connectivity index (χ3v) is 3.36. The maximum Gasteiger partial charge on any atom is 0.261 e. The second kappa shape index (κ2) is 8.93. The summed E-state index contributed by atoms with van der Waals surface area (Å²) < 4.78 is 5.57. The van der Waals surface area contributed by atoms with E-state index < -0.39 is 6.10 Å². The van der Waals surface area contributed by atoms with E-state index in [0.717, 1.165) is 19.5 Å². The van der Waals surface area contributed by atoms with Crippen LogP contribution in [0.15, 0.2) is 35.9 Å². The van der Waals surface area contributed by atoms with Gasteiger partial charge in [-0.25, -0.2) is 0 Å². The van der Waals surface area contributed by atoms with Crippen molar-refractivity contribution in [3.8, 4) is 5.75 Å². The average molecular weight is 331 g/mol. The Morgan fingerprint density at radius 1 is 1.52 bits per heavy atom. The molecule has 1 aromatic rings. The minimum absolute atomic E-state index is 0. The molecule has 2 rings (SSSR count). The number of hydrogen-bond acceptors (Lipinski definition) is 3. The second-order valence-corrected chi connectivity index (χ2v) is 5.19. The zero-order chi connectivity index (χ0) is 14.4. The Bertz CT molecular complexity index is 506. The van der Waals surface area contributed by atoms with Gasteiger partial charge in [0.25, 0.3) is 5.91 Å². The lowest BCUT2D eigenvalue weighted by Gasteiger charge is -2.17. The Balaban J connectivity index is 0.00000220. The highest BCUT2D eigenvalue weighted by Crippen LogP contribution is 2.18. The van der Waals surface area contributed by atoms with Crippen LogP contribution in [-0.2, 0) is 4.79 Å². The molecule has 0 aliphatic carbocycles. The van der Waals surface area contributed by atoms with E-state index >= 15 is 0 Å². The molecule has 1 aliphatic rings. The molecule has 0 saturated heterocycles. The van der Waals surface area contributed by atoms with Crippen LogP contribution in [0, 0.1) is 0 Å². The van der Waals surface area contributed by atoms with Gasteiger partial charge < -0.3 is 15.4 Å². The van der Waals surface area contributed by atoms with Gasteiger partial charge >= 0.3 is 0 Å². The molecule has 0 bridgehead atoms. The van der Waals surface area contributed by atoms with Crippen molar-refractivity contribution in [1.29, 1.82) is 0 Å². The summed E-state index contributed by atoms with van der Waals surface area (Å²) in [5.74, 6) is 0.477. The van der Waals surface area contributed by atoms with Crippen LogP contribution >= 0.6 is 24.0 Å². The van der Waals surface area contributed by atoms with Gasteiger partial charge in [-0.1, -0.05) is 29.3 Å². The normalized spacial score (nSPS) is 15.4. The Labute approximate surface area is 136 Å². The van der Waals surface area contributed by atoms with Gasteiger partial charge in [0, 0.05) is 18.1 Å². The largest absolute Gasteiger partial charge is 0.481 e. The first-order chi connectivity index (χ1) is 9.65. The fourth-order valence-corrected chi connectivity index (χ4v) is 2.15. The zero-order valence-electron chi connectivity index (χ0n) is 11.9. The molecule has 1 aromatic carbocycles. The number of nitrogens with one attached hydrogen (secondary N) is 2. The number of halogens is 2. The maximum absolute atomic E-state index is 12.0. The highest BCUT2D eigenvalue weighted by molar-refractivity contribution is 6.30. The highest BCUT2D eigenvalue weighted by atomic mass is 35.5. The first-order valence-electron chi connectivity index (χ1n) is 6.74. The summed E-state index contributed by atoms with van der Waals surface area (Å²) in [5, 5.41) is 6.72. The second-order valence-electron chi connectivity index (χ2n) is 4.75. The molecule has 1 unspecified atom stereocenters. The van der Waals surface area contributed by atoms with Gasteiger partial charge in [0.15, 0.2) is 6.10 Å². The lowest BCUT2D eigenvalue weighted by Crippen LogP contribution is -2.38. The molecule has 4 nitrogen and oxygen atoms in total. The molecule has 0 radical (unpaired) electrons. The smallest absolute Gasteiger partial charge is 0.261 e. The molecule has 1 heterocycles. The van der Waals surface area contributed by atoms with Gasteiger partial charge in [-0.05, 0) is 38.1 Å². The molecule has 1 amide bonds. The van der Waals surface area contributed by atoms with Crippen molar-refractivity contribution >= 4 is 29.9 Å². The van der Waals surface area contributed by atoms with Crippen LogP contribution in [0.25, 0.3) is 0 Å². The molecule has 0 saturated carbocycles. The predicted octanol–water partition coefficient (Wildman–Crippen LogP) is 2.57. The molecule has 6 heteroatoms. The quantitative estimate of drug-likeness (QED) is 0.816. The third-order valence-electron chi connectivity index (χ3n) is 3.13. The van der Waals surface area contributed by atoms with Crippen LogP contribution in [0.5, 0.6) is 5.75 Å². The van der Waals surface area contributed by atoms with Crippen LogP contribution in [0.2, 0.25) is 5.02 Å². The Hall–Kier alpha value is -1.23. The van der Waals surface area contributed by atoms with Crippen LogP contribution in [-0.4, -0.2) is 31.6 Å². The maximum atomic E-state index is 12.0. The van der Waals surface area contributed by atoms with Crippen LogP contribution in [0.4, 0.5) is 0 Å². The van der Waals surface area contributed by atoms with Gasteiger partial charge in [-0.3, -0.25) is 4.79 Å². The van der Waals surface area contributed by atoms with Gasteiger partial charge in [-0.15, -0.1) is 12.4 Å². The standard InChI is InChI=1S/C15H19ClN2O2.ClH/c1-11(20-14-4-2-3-13(16)9-14)15(19)18-10-12-5-7-17-8-6-12;/h2-5,9,11,17H,6-8,10H2,1H3,(H,18,19);1H. The number of amides is 1. The number of ether oxygens (including phenoxy) is 1. The fraction of sp³-hybridized carbons (Fsp3) is 0.400. The van der Waals surface area contributed by atoms with Crippen LogP contribution in [0.3, 0.4) is 0 Å². The van der Waals surface area contributed by atoms with E-state index in [2.05, 4.69) is 16.7 Å². The summed E-state index contributed by atoms with van der Waals surface area (Å²) in [4.78, 5) is 12.0. The van der Waals surface area contributed by atoms with Crippen molar-refractivity contribution in [3.05, 3.63) is 40.9 Å². The minimum atomic E-state index is -0.546. The van der Waals surface area contributed by atoms with Gasteiger partial charge in [0.2, 0.25) is 0 Å². The molecular formula is C15H20Cl2N2O2. The summed E-state index contributed by atoms with van der Waals surface area (Å²) in [6.07, 6.45) is 2.55. The van der Waals surface area contributed by atoms with Crippen molar-refractivity contribution in [2.24, 2.45) is 0 Å². The Morgan fingerprint density at radius 2 is 2.33 bits per heavy atom. The summed E-state index contributed by atoms with van der Waals surface area (Å²) >= 11 is 5.88. The molecule has 21 heavy (non-hydrogen) atoms. The van der Waals surface area contributed by atoms with Crippen molar-refractivity contribution in [2.45, 2.75) is 19.4 Å². The van der Waals surface area contributed by atoms with Gasteiger partial charge in [-0.2, -0.15) is 0 Å². The monoisotopic (exact) mass is 330 g/mol. The SMILES string of the molecule is CC(Oc1cccc(Cl)c1)C(=O)NCC1=CCNCC1.Cl. The van der Waals surface area contributed by atoms with Crippen LogP contribution in [0.1, 0.15) is 13.3 Å². The van der Waals surface area contributed by atoms with Crippen molar-refractivity contribution < 1.29 is 9.53 Å². The first-order valence-corrected chi connectivity index (χ1v) is 7.11. The van der Waals surface area contributed by atoms with Gasteiger partial charge in [0.05, 0.1) is 0 Å². The molecule has 0 fully saturated rings. The summed E-state index contributed by atoms with van der Waals surface area (Å²) in [7, 11) is 0. The van der Waals surface area contributed by atoms with E-state index in [-0.39, 0.29) is 18.3 Å². The number of benzene rings is 1. The predicted molar refractivity (Wildman–Crippen MR) is 87.4 cm³/mol. The molecule has 0 aromatic heterocycles. The summed E-state index contributed by atoms with van der Waals surface area (Å²) in [6, 6.07) is 7.04. The Morgan fingerprint density at radius 3 is 3.00 bits per heavy atom. The third kappa shape index (κ3) is 5.96. The van der Waals surface area contributed by atoms with Crippen molar-refractivity contribution in [3.63, 3.8) is 0 Å². The summed E-state index contributed by atoms with van der Waals surface area (Å²) in [5.41, 5.74) is 1.26. The molecule has 0 spiro atoms. The van der Waals surface area contributed by atoms with E-state index in [1.807, 2.05) is 0 Å². The molecule has 1 atom stereocenters. The van der Waals surface area contributed by atoms with Crippen molar-refractivity contribution in [2.75, 3.05) is 19.6 Å². The zero-order valence-corrected chi connectivity index (χ0v) is 13.5. The first kappa shape index (κ1) is 17.8. The molecule has 2 N–H and O–H groups in total. The number of rotatable bonds is 5. The van der Waals surface area contributed by atoms with E-state index in [1.165, 1.54) is 5.57 Å². The number of carbonyl (C=O) groups is 1. The Kier molecular flexibility index (Phi) is 7.57. The molecular weight excluding hydrogens is 311 g/mol.